The van der Waals surface area contributed by atoms with Gasteiger partial charge >= 0.3 is 5.97 Å². The van der Waals surface area contributed by atoms with Gasteiger partial charge in [-0.15, -0.1) is 0 Å². The minimum absolute atomic E-state index is 0.00773. The first kappa shape index (κ1) is 37.3. The molecule has 0 aliphatic carbocycles. The molecule has 0 bridgehead atoms. The quantitative estimate of drug-likeness (QED) is 0.0785. The molecule has 0 aromatic heterocycles. The van der Waals surface area contributed by atoms with Gasteiger partial charge in [0.05, 0.1) is 43.9 Å². The van der Waals surface area contributed by atoms with Gasteiger partial charge < -0.3 is 86.8 Å². The van der Waals surface area contributed by atoms with Crippen LogP contribution in [0.5, 0.6) is 0 Å². The third-order valence-electron chi connectivity index (χ3n) is 8.75. The number of carbonyl (C=O) groups is 1. The minimum atomic E-state index is -2.25. The highest BCUT2D eigenvalue weighted by Crippen LogP contribution is 2.40. The lowest BCUT2D eigenvalue weighted by molar-refractivity contribution is -0.365. The lowest BCUT2D eigenvalue weighted by Crippen LogP contribution is -2.73. The maximum Gasteiger partial charge on any atom is 0.309 e. The molecule has 18 nitrogen and oxygen atoms in total. The van der Waals surface area contributed by atoms with E-state index in [-0.39, 0.29) is 6.42 Å². The van der Waals surface area contributed by atoms with Crippen molar-refractivity contribution in [2.45, 2.75) is 130 Å². The number of aliphatic hydroxyl groups excluding tert-OH is 8. The number of ether oxygens (including phenoxy) is 5. The van der Waals surface area contributed by atoms with Crippen molar-refractivity contribution in [3.05, 3.63) is 0 Å². The third-order valence-corrected chi connectivity index (χ3v) is 8.75. The Morgan fingerprint density at radius 1 is 0.795 bits per heavy atom. The molecule has 3 aliphatic heterocycles. The first-order valence-corrected chi connectivity index (χ1v) is 14.8. The molecule has 15 N–H and O–H groups in total. The van der Waals surface area contributed by atoms with Crippen molar-refractivity contribution in [3.8, 4) is 0 Å². The van der Waals surface area contributed by atoms with Crippen LogP contribution < -0.4 is 17.2 Å². The first-order chi connectivity index (χ1) is 20.8. The molecule has 0 spiro atoms. The number of aliphatic carboxylic acids is 1. The van der Waals surface area contributed by atoms with Crippen molar-refractivity contribution in [1.29, 1.82) is 0 Å². The number of carboxylic acid groups (broad SMARTS) is 1. The first-order valence-electron chi connectivity index (χ1n) is 14.8. The normalized spacial score (nSPS) is 45.6. The molecule has 44 heavy (non-hydrogen) atoms. The zero-order valence-corrected chi connectivity index (χ0v) is 24.5. The molecule has 0 aromatic rings. The summed E-state index contributed by atoms with van der Waals surface area (Å²) in [6.45, 7) is -0.549. The van der Waals surface area contributed by atoms with Crippen LogP contribution >= 0.6 is 0 Å². The van der Waals surface area contributed by atoms with E-state index in [2.05, 4.69) is 0 Å². The van der Waals surface area contributed by atoms with E-state index in [1.54, 1.807) is 0 Å². The van der Waals surface area contributed by atoms with Gasteiger partial charge in [0.15, 0.2) is 18.9 Å². The third kappa shape index (κ3) is 7.52. The zero-order valence-electron chi connectivity index (χ0n) is 24.5. The van der Waals surface area contributed by atoms with E-state index in [1.165, 1.54) is 0 Å². The number of unbranched alkanes of at least 4 members (excludes halogenated alkanes) is 3. The summed E-state index contributed by atoms with van der Waals surface area (Å²) in [6, 6.07) is -4.28. The molecule has 0 saturated carbocycles. The molecule has 3 aliphatic rings. The number of aliphatic hydroxyl groups is 8. The smallest absolute Gasteiger partial charge is 0.309 e. The summed E-state index contributed by atoms with van der Waals surface area (Å²) in [7, 11) is 0. The Kier molecular flexibility index (Phi) is 13.6. The summed E-state index contributed by atoms with van der Waals surface area (Å²) in [4.78, 5) is 12.3. The number of nitrogens with two attached hydrogens (primary N) is 3. The molecule has 3 heterocycles. The highest BCUT2D eigenvalue weighted by Gasteiger charge is 2.60. The minimum Gasteiger partial charge on any atom is -0.481 e. The van der Waals surface area contributed by atoms with Crippen molar-refractivity contribution in [2.24, 2.45) is 23.1 Å². The highest BCUT2D eigenvalue weighted by molar-refractivity contribution is 5.72. The molecule has 16 atom stereocenters. The van der Waals surface area contributed by atoms with Crippen molar-refractivity contribution >= 4 is 5.97 Å². The van der Waals surface area contributed by atoms with Crippen LogP contribution in [0.2, 0.25) is 0 Å². The van der Waals surface area contributed by atoms with E-state index in [0.717, 1.165) is 12.8 Å². The Hall–Kier alpha value is -1.17. The summed E-state index contributed by atoms with van der Waals surface area (Å²) in [6.07, 6.45) is -14.6. The maximum absolute atomic E-state index is 12.3. The lowest BCUT2D eigenvalue weighted by atomic mass is 9.75. The molecule has 3 unspecified atom stereocenters. The molecule has 0 amide bonds. The van der Waals surface area contributed by atoms with E-state index in [1.807, 2.05) is 6.92 Å². The average molecular weight is 644 g/mol. The maximum atomic E-state index is 12.3. The average Bonchev–Trinajstić information content (AvgIpc) is 3.00. The van der Waals surface area contributed by atoms with Crippen LogP contribution in [0.25, 0.3) is 0 Å². The molecule has 18 heteroatoms. The van der Waals surface area contributed by atoms with Crippen molar-refractivity contribution in [1.82, 2.24) is 0 Å². The molecule has 3 saturated heterocycles. The van der Waals surface area contributed by atoms with Crippen molar-refractivity contribution in [2.75, 3.05) is 19.8 Å². The molecule has 258 valence electrons. The Labute approximate surface area is 254 Å². The number of hydrogen-bond acceptors (Lipinski definition) is 17. The van der Waals surface area contributed by atoms with E-state index in [0.29, 0.717) is 12.8 Å². The molecule has 3 fully saturated rings. The summed E-state index contributed by atoms with van der Waals surface area (Å²) >= 11 is 0. The lowest BCUT2D eigenvalue weighted by Gasteiger charge is -2.52. The van der Waals surface area contributed by atoms with Crippen LogP contribution in [-0.4, -0.2) is 163 Å². The predicted molar refractivity (Wildman–Crippen MR) is 146 cm³/mol. The summed E-state index contributed by atoms with van der Waals surface area (Å²) in [5.41, 5.74) is 15.7. The van der Waals surface area contributed by atoms with Crippen LogP contribution in [0.3, 0.4) is 0 Å². The molecule has 0 radical (unpaired) electrons. The second-order valence-corrected chi connectivity index (χ2v) is 11.7. The SMILES string of the molecule is CCCCCCC(C(=O)O)[C@]1(CO)O[C@H](OC2[C@@H](CO)O[C@@H](OC3[C@@H](CO)O[C@@H](O)[C@H](N)[C@H]3O)[C@H](N)[C@H]2O)[C@H](N)[C@@H](O)[C@@H]1O. The van der Waals surface area contributed by atoms with Gasteiger partial charge in [-0.3, -0.25) is 4.79 Å². The van der Waals surface area contributed by atoms with Crippen LogP contribution in [-0.2, 0) is 28.5 Å². The second-order valence-electron chi connectivity index (χ2n) is 11.7. The highest BCUT2D eigenvalue weighted by atomic mass is 16.7. The van der Waals surface area contributed by atoms with Gasteiger partial charge in [0, 0.05) is 0 Å². The zero-order chi connectivity index (χ0) is 32.9. The molecular formula is C26H49N3O15. The van der Waals surface area contributed by atoms with Gasteiger partial charge in [0.25, 0.3) is 0 Å². The Morgan fingerprint density at radius 3 is 1.89 bits per heavy atom. The van der Waals surface area contributed by atoms with Gasteiger partial charge in [0.2, 0.25) is 0 Å². The van der Waals surface area contributed by atoms with Gasteiger partial charge in [-0.25, -0.2) is 0 Å². The largest absolute Gasteiger partial charge is 0.481 e. The fourth-order valence-electron chi connectivity index (χ4n) is 5.98. The second kappa shape index (κ2) is 16.1. The number of rotatable bonds is 14. The van der Waals surface area contributed by atoms with Crippen LogP contribution in [0, 0.1) is 5.92 Å². The van der Waals surface area contributed by atoms with Gasteiger partial charge in [-0.05, 0) is 6.42 Å². The van der Waals surface area contributed by atoms with E-state index < -0.39 is 123 Å². The van der Waals surface area contributed by atoms with Gasteiger partial charge in [0.1, 0.15) is 54.4 Å². The van der Waals surface area contributed by atoms with Gasteiger partial charge in [-0.1, -0.05) is 32.6 Å². The van der Waals surface area contributed by atoms with Crippen LogP contribution in [0.1, 0.15) is 39.0 Å². The van der Waals surface area contributed by atoms with E-state index in [9.17, 15) is 50.8 Å². The standard InChI is InChI=1S/C26H49N3O15/c1-2-3-4-5-6-10(22(37)38)26(9-32)21(36)18(35)15(29)25(44-26)43-20-12(8-31)41-24(14(28)17(20)34)42-19-11(7-30)40-23(39)13(27)16(19)33/h10-21,23-25,30-36,39H,2-9,27-29H2,1H3,(H,37,38)/t10?,11-,12-,13-,14-,15-,16-,17-,18-,19?,20?,21+,23-,24+,25+,26+/m1/s1. The van der Waals surface area contributed by atoms with Gasteiger partial charge in [-0.2, -0.15) is 0 Å². The number of hydrogen-bond donors (Lipinski definition) is 12. The fourth-order valence-corrected chi connectivity index (χ4v) is 5.98. The molecule has 3 rings (SSSR count). The van der Waals surface area contributed by atoms with E-state index in [4.69, 9.17) is 40.9 Å². The Morgan fingerprint density at radius 2 is 1.34 bits per heavy atom. The fraction of sp³-hybridized carbons (Fsp3) is 0.962. The Balaban J connectivity index is 1.81. The van der Waals surface area contributed by atoms with Crippen molar-refractivity contribution < 1.29 is 74.4 Å². The van der Waals surface area contributed by atoms with Crippen LogP contribution in [0.4, 0.5) is 0 Å². The summed E-state index contributed by atoms with van der Waals surface area (Å²) < 4.78 is 28.3. The predicted octanol–water partition coefficient (Wildman–Crippen LogP) is -5.63. The van der Waals surface area contributed by atoms with Crippen LogP contribution in [0.15, 0.2) is 0 Å². The number of carboxylic acids is 1. The Bertz CT molecular complexity index is 905. The summed E-state index contributed by atoms with van der Waals surface area (Å²) in [5, 5.41) is 93.4. The van der Waals surface area contributed by atoms with Crippen molar-refractivity contribution in [3.63, 3.8) is 0 Å². The molecular weight excluding hydrogens is 594 g/mol. The van der Waals surface area contributed by atoms with E-state index >= 15 is 0 Å². The molecule has 0 aromatic carbocycles. The summed E-state index contributed by atoms with van der Waals surface area (Å²) in [5.74, 6) is -2.88. The monoisotopic (exact) mass is 643 g/mol. The topological polar surface area (TPSA) is 323 Å².